The molecule has 0 amide bonds. The molecule has 31 heavy (non-hydrogen) atoms. The van der Waals surface area contributed by atoms with Crippen molar-refractivity contribution < 1.29 is 17.9 Å². The Labute approximate surface area is 183 Å². The standard InChI is InChI=1S/C25H25NO4S/c1-19-12-14-23(15-13-19)31(28,29)26-22(16-20-8-4-2-5-9-20)18-30-25(26)17-24(27)21-10-6-3-7-11-21/h2-15,22,25H,16-18H2,1H3/t22-,25-/m0/s1. The van der Waals surface area contributed by atoms with Gasteiger partial charge >= 0.3 is 0 Å². The summed E-state index contributed by atoms with van der Waals surface area (Å²) < 4.78 is 34.5. The van der Waals surface area contributed by atoms with Crippen LogP contribution in [-0.4, -0.2) is 37.4 Å². The molecule has 0 saturated carbocycles. The largest absolute Gasteiger partial charge is 0.360 e. The van der Waals surface area contributed by atoms with E-state index >= 15 is 0 Å². The minimum atomic E-state index is -3.85. The Morgan fingerprint density at radius 2 is 1.55 bits per heavy atom. The second kappa shape index (κ2) is 9.14. The van der Waals surface area contributed by atoms with E-state index in [4.69, 9.17) is 4.74 Å². The fraction of sp³-hybridized carbons (Fsp3) is 0.240. The van der Waals surface area contributed by atoms with Crippen LogP contribution < -0.4 is 0 Å². The van der Waals surface area contributed by atoms with Gasteiger partial charge < -0.3 is 4.74 Å². The molecule has 1 heterocycles. The number of sulfonamides is 1. The van der Waals surface area contributed by atoms with Crippen molar-refractivity contribution in [3.05, 3.63) is 102 Å². The predicted molar refractivity (Wildman–Crippen MR) is 119 cm³/mol. The van der Waals surface area contributed by atoms with Gasteiger partial charge in [-0.05, 0) is 31.0 Å². The summed E-state index contributed by atoms with van der Waals surface area (Å²) in [6.07, 6.45) is -0.352. The third-order valence-electron chi connectivity index (χ3n) is 5.49. The number of nitrogens with zero attached hydrogens (tertiary/aromatic N) is 1. The molecular weight excluding hydrogens is 410 g/mol. The summed E-state index contributed by atoms with van der Waals surface area (Å²) in [5.41, 5.74) is 2.55. The van der Waals surface area contributed by atoms with Crippen molar-refractivity contribution in [1.82, 2.24) is 4.31 Å². The Morgan fingerprint density at radius 1 is 0.935 bits per heavy atom. The van der Waals surface area contributed by atoms with Crippen LogP contribution in [0, 0.1) is 6.92 Å². The van der Waals surface area contributed by atoms with Crippen molar-refractivity contribution in [2.75, 3.05) is 6.61 Å². The van der Waals surface area contributed by atoms with E-state index in [0.717, 1.165) is 11.1 Å². The molecule has 0 bridgehead atoms. The molecule has 1 saturated heterocycles. The van der Waals surface area contributed by atoms with Gasteiger partial charge in [-0.25, -0.2) is 8.42 Å². The first kappa shape index (κ1) is 21.4. The number of rotatable bonds is 7. The third kappa shape index (κ3) is 4.77. The topological polar surface area (TPSA) is 63.7 Å². The molecule has 5 nitrogen and oxygen atoms in total. The normalized spacial score (nSPS) is 19.4. The number of Topliss-reactive ketones (excluding diaryl/α,β-unsaturated/α-hetero) is 1. The molecule has 4 rings (SSSR count). The second-order valence-corrected chi connectivity index (χ2v) is 9.62. The van der Waals surface area contributed by atoms with Crippen molar-refractivity contribution in [3.63, 3.8) is 0 Å². The average Bonchev–Trinajstić information content (AvgIpc) is 3.18. The van der Waals surface area contributed by atoms with Crippen LogP contribution in [0.1, 0.15) is 27.9 Å². The maximum absolute atomic E-state index is 13.6. The highest BCUT2D eigenvalue weighted by molar-refractivity contribution is 7.89. The van der Waals surface area contributed by atoms with Crippen LogP contribution in [0.15, 0.2) is 89.8 Å². The van der Waals surface area contributed by atoms with E-state index in [1.807, 2.05) is 43.3 Å². The zero-order valence-corrected chi connectivity index (χ0v) is 18.2. The molecule has 2 atom stereocenters. The number of hydrogen-bond acceptors (Lipinski definition) is 4. The lowest BCUT2D eigenvalue weighted by atomic mass is 10.1. The number of carbonyl (C=O) groups excluding carboxylic acids is 1. The maximum Gasteiger partial charge on any atom is 0.245 e. The molecule has 1 aliphatic heterocycles. The van der Waals surface area contributed by atoms with Crippen molar-refractivity contribution in [2.45, 2.75) is 36.9 Å². The van der Waals surface area contributed by atoms with Crippen molar-refractivity contribution in [2.24, 2.45) is 0 Å². The minimum Gasteiger partial charge on any atom is -0.360 e. The molecule has 6 heteroatoms. The lowest BCUT2D eigenvalue weighted by molar-refractivity contribution is 0.0538. The van der Waals surface area contributed by atoms with Gasteiger partial charge in [0, 0.05) is 5.56 Å². The van der Waals surface area contributed by atoms with Gasteiger partial charge in [-0.1, -0.05) is 78.4 Å². The first-order valence-electron chi connectivity index (χ1n) is 10.3. The van der Waals surface area contributed by atoms with Crippen LogP contribution in [0.5, 0.6) is 0 Å². The van der Waals surface area contributed by atoms with Crippen LogP contribution in [0.3, 0.4) is 0 Å². The summed E-state index contributed by atoms with van der Waals surface area (Å²) in [6, 6.07) is 25.0. The van der Waals surface area contributed by atoms with E-state index in [9.17, 15) is 13.2 Å². The summed E-state index contributed by atoms with van der Waals surface area (Å²) in [6.45, 7) is 2.15. The molecule has 3 aromatic carbocycles. The Hall–Kier alpha value is -2.80. The zero-order valence-electron chi connectivity index (χ0n) is 17.3. The van der Waals surface area contributed by atoms with E-state index in [2.05, 4.69) is 0 Å². The molecular formula is C25H25NO4S. The van der Waals surface area contributed by atoms with Crippen LogP contribution in [0.4, 0.5) is 0 Å². The highest BCUT2D eigenvalue weighted by Gasteiger charge is 2.44. The van der Waals surface area contributed by atoms with Crippen LogP contribution >= 0.6 is 0 Å². The van der Waals surface area contributed by atoms with Crippen molar-refractivity contribution in [3.8, 4) is 0 Å². The Bertz CT molecular complexity index is 1130. The summed E-state index contributed by atoms with van der Waals surface area (Å²) in [7, 11) is -3.85. The lowest BCUT2D eigenvalue weighted by Crippen LogP contribution is -2.43. The Morgan fingerprint density at radius 3 is 2.19 bits per heavy atom. The fourth-order valence-electron chi connectivity index (χ4n) is 3.87. The number of aryl methyl sites for hydroxylation is 1. The van der Waals surface area contributed by atoms with Gasteiger partial charge in [-0.3, -0.25) is 4.79 Å². The molecule has 0 aliphatic carbocycles. The average molecular weight is 436 g/mol. The smallest absolute Gasteiger partial charge is 0.245 e. The second-order valence-electron chi connectivity index (χ2n) is 7.77. The summed E-state index contributed by atoms with van der Waals surface area (Å²) in [4.78, 5) is 13.0. The van der Waals surface area contributed by atoms with E-state index in [1.165, 1.54) is 4.31 Å². The molecule has 0 unspecified atom stereocenters. The maximum atomic E-state index is 13.6. The zero-order chi connectivity index (χ0) is 21.8. The van der Waals surface area contributed by atoms with E-state index in [-0.39, 0.29) is 29.7 Å². The van der Waals surface area contributed by atoms with Gasteiger partial charge in [0.1, 0.15) is 6.23 Å². The van der Waals surface area contributed by atoms with Crippen molar-refractivity contribution >= 4 is 15.8 Å². The molecule has 0 spiro atoms. The summed E-state index contributed by atoms with van der Waals surface area (Å²) >= 11 is 0. The number of ketones is 1. The van der Waals surface area contributed by atoms with E-state index in [1.54, 1.807) is 48.5 Å². The monoisotopic (exact) mass is 435 g/mol. The van der Waals surface area contributed by atoms with Gasteiger partial charge in [0.05, 0.1) is 24.0 Å². The molecule has 0 radical (unpaired) electrons. The SMILES string of the molecule is Cc1ccc(S(=O)(=O)N2[C@@H](Cc3ccccc3)CO[C@H]2CC(=O)c2ccccc2)cc1. The summed E-state index contributed by atoms with van der Waals surface area (Å²) in [5.74, 6) is -0.143. The third-order valence-corrected chi connectivity index (χ3v) is 7.45. The molecule has 1 aliphatic rings. The fourth-order valence-corrected chi connectivity index (χ4v) is 5.57. The van der Waals surface area contributed by atoms with Crippen LogP contribution in [0.25, 0.3) is 0 Å². The number of carbonyl (C=O) groups is 1. The van der Waals surface area contributed by atoms with E-state index < -0.39 is 16.3 Å². The highest BCUT2D eigenvalue weighted by atomic mass is 32.2. The van der Waals surface area contributed by atoms with Gasteiger partial charge in [-0.15, -0.1) is 0 Å². The minimum absolute atomic E-state index is 0.0274. The molecule has 0 N–H and O–H groups in total. The van der Waals surface area contributed by atoms with Gasteiger partial charge in [0.15, 0.2) is 5.78 Å². The molecule has 1 fully saturated rings. The number of benzene rings is 3. The number of hydrogen-bond donors (Lipinski definition) is 0. The Kier molecular flexibility index (Phi) is 6.32. The molecule has 3 aromatic rings. The van der Waals surface area contributed by atoms with Crippen LogP contribution in [0.2, 0.25) is 0 Å². The number of ether oxygens (including phenoxy) is 1. The van der Waals surface area contributed by atoms with Gasteiger partial charge in [0.2, 0.25) is 10.0 Å². The van der Waals surface area contributed by atoms with Crippen molar-refractivity contribution in [1.29, 1.82) is 0 Å². The first-order valence-corrected chi connectivity index (χ1v) is 11.7. The summed E-state index contributed by atoms with van der Waals surface area (Å²) in [5, 5.41) is 0. The Balaban J connectivity index is 1.65. The van der Waals surface area contributed by atoms with Gasteiger partial charge in [-0.2, -0.15) is 4.31 Å². The van der Waals surface area contributed by atoms with Gasteiger partial charge in [0.25, 0.3) is 0 Å². The predicted octanol–water partition coefficient (Wildman–Crippen LogP) is 4.23. The quantitative estimate of drug-likeness (QED) is 0.521. The lowest BCUT2D eigenvalue weighted by Gasteiger charge is -2.27. The van der Waals surface area contributed by atoms with Crippen LogP contribution in [-0.2, 0) is 21.2 Å². The highest BCUT2D eigenvalue weighted by Crippen LogP contribution is 2.31. The molecule has 160 valence electrons. The van der Waals surface area contributed by atoms with E-state index in [0.29, 0.717) is 12.0 Å². The molecule has 0 aromatic heterocycles. The first-order chi connectivity index (χ1) is 14.9.